The maximum absolute atomic E-state index is 12.4. The fourth-order valence-corrected chi connectivity index (χ4v) is 6.73. The van der Waals surface area contributed by atoms with Crippen LogP contribution in [0.3, 0.4) is 0 Å². The van der Waals surface area contributed by atoms with Gasteiger partial charge in [-0.25, -0.2) is 14.4 Å². The van der Waals surface area contributed by atoms with E-state index in [4.69, 9.17) is 19.9 Å². The zero-order chi connectivity index (χ0) is 41.7. The number of unbranched alkanes of at least 4 members (excludes halogenated alkanes) is 2. The van der Waals surface area contributed by atoms with Crippen LogP contribution in [0.4, 0.5) is 14.4 Å². The van der Waals surface area contributed by atoms with Crippen LogP contribution < -0.4 is 21.7 Å². The monoisotopic (exact) mass is 782 g/mol. The van der Waals surface area contributed by atoms with Gasteiger partial charge in [0.15, 0.2) is 0 Å². The van der Waals surface area contributed by atoms with Gasteiger partial charge in [0.1, 0.15) is 16.8 Å². The zero-order valence-electron chi connectivity index (χ0n) is 36.1. The summed E-state index contributed by atoms with van der Waals surface area (Å²) in [4.78, 5) is 39.6. The lowest BCUT2D eigenvalue weighted by molar-refractivity contribution is 0.0510. The Hall–Kier alpha value is -3.83. The number of nitrogens with zero attached hydrogens (tertiary/aromatic N) is 1. The molecule has 0 aliphatic heterocycles. The van der Waals surface area contributed by atoms with E-state index >= 15 is 0 Å². The number of nitrogens with two attached hydrogens (primary N) is 1. The van der Waals surface area contributed by atoms with E-state index in [-0.39, 0.29) is 5.92 Å². The van der Waals surface area contributed by atoms with Crippen molar-refractivity contribution >= 4 is 18.3 Å². The first-order valence-corrected chi connectivity index (χ1v) is 20.7. The molecule has 316 valence electrons. The van der Waals surface area contributed by atoms with Crippen molar-refractivity contribution in [2.75, 3.05) is 26.2 Å². The molecule has 0 spiro atoms. The van der Waals surface area contributed by atoms with Crippen LogP contribution in [0.5, 0.6) is 0 Å². The molecule has 56 heavy (non-hydrogen) atoms. The number of hydrogen-bond donors (Lipinski definition) is 4. The van der Waals surface area contributed by atoms with Crippen molar-refractivity contribution in [3.05, 3.63) is 71.8 Å². The first-order chi connectivity index (χ1) is 26.2. The number of carbonyl (C=O) groups excluding carboxylic acids is 3. The lowest BCUT2D eigenvalue weighted by Gasteiger charge is -2.39. The highest BCUT2D eigenvalue weighted by molar-refractivity contribution is 5.68. The first-order valence-electron chi connectivity index (χ1n) is 20.7. The summed E-state index contributed by atoms with van der Waals surface area (Å²) >= 11 is 0. The average Bonchev–Trinajstić information content (AvgIpc) is 3.08. The summed E-state index contributed by atoms with van der Waals surface area (Å²) in [5.74, 6) is 0.167. The zero-order valence-corrected chi connectivity index (χ0v) is 36.1. The summed E-state index contributed by atoms with van der Waals surface area (Å²) in [6, 6.07) is 21.2. The number of amides is 3. The van der Waals surface area contributed by atoms with Gasteiger partial charge in [-0.15, -0.1) is 0 Å². The van der Waals surface area contributed by atoms with Crippen LogP contribution in [0.2, 0.25) is 0 Å². The molecule has 0 saturated carbocycles. The van der Waals surface area contributed by atoms with Crippen LogP contribution in [0.25, 0.3) is 0 Å². The van der Waals surface area contributed by atoms with E-state index in [2.05, 4.69) is 81.5 Å². The molecule has 3 amide bonds. The van der Waals surface area contributed by atoms with Crippen molar-refractivity contribution in [3.8, 4) is 0 Å². The van der Waals surface area contributed by atoms with Gasteiger partial charge in [-0.05, 0) is 144 Å². The molecule has 0 saturated heterocycles. The third-order valence-electron chi connectivity index (χ3n) is 9.21. The van der Waals surface area contributed by atoms with Crippen LogP contribution >= 0.6 is 0 Å². The normalized spacial score (nSPS) is 13.7. The van der Waals surface area contributed by atoms with Crippen LogP contribution in [-0.2, 0) is 27.3 Å². The molecular weight excluding hydrogens is 707 g/mol. The Kier molecular flexibility index (Phi) is 20.8. The smallest absolute Gasteiger partial charge is 0.407 e. The van der Waals surface area contributed by atoms with Crippen molar-refractivity contribution in [2.24, 2.45) is 11.7 Å². The molecule has 2 aromatic rings. The fraction of sp³-hybridized carbons (Fsp3) is 0.667. The molecule has 0 aliphatic carbocycles. The maximum Gasteiger partial charge on any atom is 0.407 e. The molecule has 11 nitrogen and oxygen atoms in total. The van der Waals surface area contributed by atoms with Gasteiger partial charge in [-0.3, -0.25) is 4.90 Å². The lowest BCUT2D eigenvalue weighted by Crippen LogP contribution is -2.48. The number of nitrogens with one attached hydrogen (secondary N) is 3. The Morgan fingerprint density at radius 1 is 0.554 bits per heavy atom. The highest BCUT2D eigenvalue weighted by Crippen LogP contribution is 2.34. The number of hydrogen-bond acceptors (Lipinski definition) is 8. The van der Waals surface area contributed by atoms with E-state index in [1.807, 2.05) is 62.3 Å². The fourth-order valence-electron chi connectivity index (χ4n) is 6.73. The molecule has 5 N–H and O–H groups in total. The Morgan fingerprint density at radius 3 is 1.39 bits per heavy atom. The number of alkyl carbamates (subject to hydrolysis) is 3. The summed E-state index contributed by atoms with van der Waals surface area (Å²) in [6.45, 7) is 20.8. The van der Waals surface area contributed by atoms with E-state index in [1.165, 1.54) is 11.1 Å². The number of ether oxygens (including phenoxy) is 3. The summed E-state index contributed by atoms with van der Waals surface area (Å²) in [5.41, 5.74) is 7.83. The second-order valence-electron chi connectivity index (χ2n) is 18.1. The number of rotatable bonds is 23. The quantitative estimate of drug-likeness (QED) is 0.0645. The van der Waals surface area contributed by atoms with Gasteiger partial charge in [0, 0.05) is 38.3 Å². The molecule has 11 heteroatoms. The SMILES string of the molecule is CC(C)(C)OC(=O)NCCCCC(N)(CCCNC(=O)OC(C)(C)C)C(CCCCN(Cc1ccccc1)Cc1ccccc1)CCCNC(=O)OC(C)(C)C. The Labute approximate surface area is 338 Å². The van der Waals surface area contributed by atoms with Crippen molar-refractivity contribution in [1.29, 1.82) is 0 Å². The maximum atomic E-state index is 12.4. The van der Waals surface area contributed by atoms with Crippen LogP contribution in [0, 0.1) is 5.92 Å². The lowest BCUT2D eigenvalue weighted by atomic mass is 9.73. The van der Waals surface area contributed by atoms with Crippen molar-refractivity contribution in [3.63, 3.8) is 0 Å². The minimum absolute atomic E-state index is 0.167. The summed E-state index contributed by atoms with van der Waals surface area (Å²) < 4.78 is 16.3. The van der Waals surface area contributed by atoms with Gasteiger partial charge in [0.25, 0.3) is 0 Å². The molecular formula is C45H75N5O6. The minimum atomic E-state index is -0.578. The van der Waals surface area contributed by atoms with Crippen molar-refractivity contribution in [1.82, 2.24) is 20.9 Å². The molecule has 0 aromatic heterocycles. The van der Waals surface area contributed by atoms with Gasteiger partial charge in [-0.1, -0.05) is 67.1 Å². The van der Waals surface area contributed by atoms with Crippen LogP contribution in [0.1, 0.15) is 138 Å². The molecule has 2 unspecified atom stereocenters. The molecule has 2 atom stereocenters. The average molecular weight is 782 g/mol. The molecule has 0 radical (unpaired) electrons. The van der Waals surface area contributed by atoms with Crippen LogP contribution in [-0.4, -0.2) is 71.7 Å². The largest absolute Gasteiger partial charge is 0.444 e. The second kappa shape index (κ2) is 24.1. The third-order valence-corrected chi connectivity index (χ3v) is 9.21. The standard InChI is InChI=1S/C45H75N5O6/c1-42(2,3)54-39(51)47-30-18-17-28-45(46,29-21-32-49-41(53)56-44(7,8)9)38(27-20-31-48-40(52)55-43(4,5)6)26-16-19-33-50(34-36-22-12-10-13-23-36)35-37-24-14-11-15-25-37/h10-15,22-25,38H,16-21,26-35,46H2,1-9H3,(H,47,51)(H,48,52)(H,49,53). The van der Waals surface area contributed by atoms with E-state index in [1.54, 1.807) is 0 Å². The number of benzene rings is 2. The first kappa shape index (κ1) is 48.3. The predicted octanol–water partition coefficient (Wildman–Crippen LogP) is 9.48. The Morgan fingerprint density at radius 2 is 0.946 bits per heavy atom. The Bertz CT molecular complexity index is 1360. The molecule has 2 aromatic carbocycles. The molecule has 0 bridgehead atoms. The highest BCUT2D eigenvalue weighted by Gasteiger charge is 2.33. The van der Waals surface area contributed by atoms with Gasteiger partial charge >= 0.3 is 18.3 Å². The third kappa shape index (κ3) is 23.3. The minimum Gasteiger partial charge on any atom is -0.444 e. The second-order valence-corrected chi connectivity index (χ2v) is 18.1. The van der Waals surface area contributed by atoms with Crippen LogP contribution in [0.15, 0.2) is 60.7 Å². The van der Waals surface area contributed by atoms with Crippen molar-refractivity contribution in [2.45, 2.75) is 162 Å². The summed E-state index contributed by atoms with van der Waals surface area (Å²) in [5, 5.41) is 8.70. The van der Waals surface area contributed by atoms with Gasteiger partial charge < -0.3 is 35.9 Å². The van der Waals surface area contributed by atoms with E-state index < -0.39 is 40.6 Å². The number of carbonyl (C=O) groups is 3. The van der Waals surface area contributed by atoms with E-state index in [0.717, 1.165) is 71.0 Å². The van der Waals surface area contributed by atoms with Gasteiger partial charge in [0.2, 0.25) is 0 Å². The topological polar surface area (TPSA) is 144 Å². The van der Waals surface area contributed by atoms with Crippen molar-refractivity contribution < 1.29 is 28.6 Å². The predicted molar refractivity (Wildman–Crippen MR) is 226 cm³/mol. The van der Waals surface area contributed by atoms with Gasteiger partial charge in [0.05, 0.1) is 0 Å². The van der Waals surface area contributed by atoms with Gasteiger partial charge in [-0.2, -0.15) is 0 Å². The summed E-state index contributed by atoms with van der Waals surface area (Å²) in [7, 11) is 0. The molecule has 0 fully saturated rings. The molecule has 0 aliphatic rings. The molecule has 0 heterocycles. The van der Waals surface area contributed by atoms with E-state index in [9.17, 15) is 14.4 Å². The van der Waals surface area contributed by atoms with E-state index in [0.29, 0.717) is 32.5 Å². The Balaban J connectivity index is 2.18. The highest BCUT2D eigenvalue weighted by atomic mass is 16.6. The summed E-state index contributed by atoms with van der Waals surface area (Å²) in [6.07, 6.45) is 7.00. The molecule has 2 rings (SSSR count).